The summed E-state index contributed by atoms with van der Waals surface area (Å²) >= 11 is 0.183. The van der Waals surface area contributed by atoms with Gasteiger partial charge in [0.2, 0.25) is 0 Å². The molecule has 0 N–H and O–H groups in total. The van der Waals surface area contributed by atoms with Crippen LogP contribution in [-0.4, -0.2) is 5.73 Å². The highest BCUT2D eigenvalue weighted by atomic mass is 32.2. The molecule has 1 heterocycles. The van der Waals surface area contributed by atoms with Crippen molar-refractivity contribution in [1.82, 2.24) is 0 Å². The summed E-state index contributed by atoms with van der Waals surface area (Å²) in [6.07, 6.45) is 0. The molecule has 3 rings (SSSR count). The first-order chi connectivity index (χ1) is 9.54. The lowest BCUT2D eigenvalue weighted by Gasteiger charge is -2.22. The van der Waals surface area contributed by atoms with E-state index in [9.17, 15) is 8.78 Å². The number of ether oxygens (including phenoxy) is 1. The van der Waals surface area contributed by atoms with E-state index in [0.717, 1.165) is 11.1 Å². The second-order valence-electron chi connectivity index (χ2n) is 3.97. The van der Waals surface area contributed by atoms with Gasteiger partial charge < -0.3 is 4.74 Å². The SMILES string of the molecule is [2H]C(F)(F)SC=C1c2ccccc2Oc2ccccc21. The smallest absolute Gasteiger partial charge is 0.288 e. The quantitative estimate of drug-likeness (QED) is 0.641. The Morgan fingerprint density at radius 1 is 1.00 bits per heavy atom. The Kier molecular flexibility index (Phi) is 2.94. The van der Waals surface area contributed by atoms with Gasteiger partial charge in [-0.1, -0.05) is 48.2 Å². The van der Waals surface area contributed by atoms with Crippen molar-refractivity contribution in [3.8, 4) is 11.5 Å². The molecule has 1 nitrogen and oxygen atoms in total. The van der Waals surface area contributed by atoms with E-state index in [4.69, 9.17) is 6.11 Å². The molecule has 0 amide bonds. The summed E-state index contributed by atoms with van der Waals surface area (Å²) in [6, 6.07) is 14.5. The zero-order valence-electron chi connectivity index (χ0n) is 10.8. The third-order valence-corrected chi connectivity index (χ3v) is 3.37. The number of alkyl halides is 2. The van der Waals surface area contributed by atoms with Crippen LogP contribution in [-0.2, 0) is 0 Å². The van der Waals surface area contributed by atoms with Gasteiger partial charge in [-0.05, 0) is 17.5 Å². The maximum Gasteiger partial charge on any atom is 0.288 e. The minimum Gasteiger partial charge on any atom is -0.456 e. The lowest BCUT2D eigenvalue weighted by molar-refractivity contribution is 0.253. The Labute approximate surface area is 115 Å². The summed E-state index contributed by atoms with van der Waals surface area (Å²) in [5.74, 6) is 1.26. The Bertz CT molecular complexity index is 632. The van der Waals surface area contributed by atoms with Crippen LogP contribution in [0.1, 0.15) is 12.5 Å². The molecule has 2 aromatic rings. The maximum atomic E-state index is 12.8. The van der Waals surface area contributed by atoms with E-state index in [2.05, 4.69) is 0 Å². The molecule has 0 spiro atoms. The van der Waals surface area contributed by atoms with Crippen molar-refractivity contribution in [2.45, 2.75) is 5.73 Å². The second-order valence-corrected chi connectivity index (χ2v) is 4.75. The monoisotopic (exact) mass is 277 g/mol. The molecule has 1 aliphatic rings. The molecular weight excluding hydrogens is 266 g/mol. The van der Waals surface area contributed by atoms with Gasteiger partial charge in [-0.15, -0.1) is 0 Å². The van der Waals surface area contributed by atoms with Crippen molar-refractivity contribution in [2.75, 3.05) is 0 Å². The Morgan fingerprint density at radius 3 is 2.05 bits per heavy atom. The maximum absolute atomic E-state index is 12.8. The average molecular weight is 277 g/mol. The number of para-hydroxylation sites is 2. The number of rotatable bonds is 2. The van der Waals surface area contributed by atoms with E-state index < -0.39 is 5.73 Å². The van der Waals surface area contributed by atoms with Crippen LogP contribution in [0.15, 0.2) is 53.9 Å². The van der Waals surface area contributed by atoms with Gasteiger partial charge in [-0.3, -0.25) is 0 Å². The van der Waals surface area contributed by atoms with Crippen LogP contribution in [0.3, 0.4) is 0 Å². The van der Waals surface area contributed by atoms with Crippen LogP contribution < -0.4 is 4.74 Å². The number of halogens is 2. The van der Waals surface area contributed by atoms with Gasteiger partial charge in [0.05, 0.1) is 0 Å². The lowest BCUT2D eigenvalue weighted by atomic mass is 9.96. The topological polar surface area (TPSA) is 9.23 Å². The van der Waals surface area contributed by atoms with Crippen molar-refractivity contribution in [2.24, 2.45) is 0 Å². The summed E-state index contributed by atoms with van der Waals surface area (Å²) < 4.78 is 38.0. The minimum absolute atomic E-state index is 0.183. The molecule has 96 valence electrons. The summed E-state index contributed by atoms with van der Waals surface area (Å²) in [4.78, 5) is 0. The van der Waals surface area contributed by atoms with Gasteiger partial charge in [0.1, 0.15) is 12.9 Å². The van der Waals surface area contributed by atoms with E-state index in [-0.39, 0.29) is 11.8 Å². The molecule has 19 heavy (non-hydrogen) atoms. The first kappa shape index (κ1) is 11.1. The number of hydrogen-bond donors (Lipinski definition) is 0. The van der Waals surface area contributed by atoms with Crippen LogP contribution in [0, 0.1) is 0 Å². The van der Waals surface area contributed by atoms with Crippen LogP contribution in [0.4, 0.5) is 8.78 Å². The van der Waals surface area contributed by atoms with Crippen molar-refractivity contribution in [3.63, 3.8) is 0 Å². The molecule has 0 bridgehead atoms. The number of thioether (sulfide) groups is 1. The molecule has 0 saturated heterocycles. The fraction of sp³-hybridized carbons (Fsp3) is 0.0667. The Balaban J connectivity index is 2.13. The molecule has 1 aliphatic heterocycles. The van der Waals surface area contributed by atoms with Crippen molar-refractivity contribution < 1.29 is 14.9 Å². The van der Waals surface area contributed by atoms with E-state index in [1.165, 1.54) is 5.41 Å². The molecule has 0 fully saturated rings. The van der Waals surface area contributed by atoms with Crippen LogP contribution >= 0.6 is 11.8 Å². The van der Waals surface area contributed by atoms with Crippen molar-refractivity contribution >= 4 is 17.3 Å². The predicted molar refractivity (Wildman–Crippen MR) is 73.6 cm³/mol. The van der Waals surface area contributed by atoms with Crippen LogP contribution in [0.2, 0.25) is 0 Å². The highest BCUT2D eigenvalue weighted by Gasteiger charge is 2.21. The highest BCUT2D eigenvalue weighted by Crippen LogP contribution is 2.44. The average Bonchev–Trinajstić information content (AvgIpc) is 2.42. The third kappa shape index (κ3) is 2.36. The molecule has 0 saturated carbocycles. The van der Waals surface area contributed by atoms with E-state index in [1.54, 1.807) is 12.1 Å². The van der Waals surface area contributed by atoms with Gasteiger partial charge in [0.25, 0.3) is 5.73 Å². The molecule has 0 unspecified atom stereocenters. The minimum atomic E-state index is -3.55. The molecule has 0 aromatic heterocycles. The van der Waals surface area contributed by atoms with Crippen molar-refractivity contribution in [3.05, 3.63) is 65.1 Å². The normalized spacial score (nSPS) is 14.0. The first-order valence-corrected chi connectivity index (χ1v) is 6.55. The molecular formula is C15H10F2OS. The molecule has 4 heteroatoms. The van der Waals surface area contributed by atoms with E-state index in [0.29, 0.717) is 17.1 Å². The Morgan fingerprint density at radius 2 is 1.53 bits per heavy atom. The second kappa shape index (κ2) is 5.05. The molecule has 2 aromatic carbocycles. The summed E-state index contributed by atoms with van der Waals surface area (Å²) in [5.41, 5.74) is -1.39. The van der Waals surface area contributed by atoms with E-state index >= 15 is 0 Å². The van der Waals surface area contributed by atoms with Crippen molar-refractivity contribution in [1.29, 1.82) is 0 Å². The third-order valence-electron chi connectivity index (χ3n) is 2.84. The Hall–Kier alpha value is -1.81. The number of benzene rings is 2. The zero-order valence-corrected chi connectivity index (χ0v) is 10.6. The fourth-order valence-electron chi connectivity index (χ4n) is 2.05. The summed E-state index contributed by atoms with van der Waals surface area (Å²) in [6.45, 7) is 0. The van der Waals surface area contributed by atoms with Crippen LogP contribution in [0.25, 0.3) is 5.57 Å². The van der Waals surface area contributed by atoms with Gasteiger partial charge >= 0.3 is 0 Å². The van der Waals surface area contributed by atoms with Gasteiger partial charge in [-0.25, -0.2) is 0 Å². The molecule has 0 radical (unpaired) electrons. The summed E-state index contributed by atoms with van der Waals surface area (Å²) in [7, 11) is 0. The van der Waals surface area contributed by atoms with Crippen LogP contribution in [0.5, 0.6) is 11.5 Å². The summed E-state index contributed by atoms with van der Waals surface area (Å²) in [5, 5.41) is 1.33. The van der Waals surface area contributed by atoms with Gasteiger partial charge in [-0.2, -0.15) is 8.78 Å². The van der Waals surface area contributed by atoms with Gasteiger partial charge in [0.15, 0.2) is 0 Å². The van der Waals surface area contributed by atoms with Gasteiger partial charge in [0, 0.05) is 16.7 Å². The largest absolute Gasteiger partial charge is 0.456 e. The van der Waals surface area contributed by atoms with E-state index in [1.807, 2.05) is 36.4 Å². The fourth-order valence-corrected chi connectivity index (χ4v) is 2.51. The lowest BCUT2D eigenvalue weighted by Crippen LogP contribution is -2.01. The highest BCUT2D eigenvalue weighted by molar-refractivity contribution is 8.02. The standard InChI is InChI=1S/C15H10F2OS/c16-15(17)19-9-12-10-5-1-3-7-13(10)18-14-8-4-2-6-11(12)14/h1-9,15H/i15D. The number of fused-ring (bicyclic) bond motifs is 2. The predicted octanol–water partition coefficient (Wildman–Crippen LogP) is 5.14. The molecule has 0 atom stereocenters. The number of hydrogen-bond acceptors (Lipinski definition) is 2. The first-order valence-electron chi connectivity index (χ1n) is 6.17. The zero-order chi connectivity index (χ0) is 14.2. The molecule has 0 aliphatic carbocycles.